The van der Waals surface area contributed by atoms with Gasteiger partial charge in [-0.25, -0.2) is 0 Å². The molecule has 28 heavy (non-hydrogen) atoms. The van der Waals surface area contributed by atoms with Crippen molar-refractivity contribution in [2.75, 3.05) is 14.2 Å². The van der Waals surface area contributed by atoms with E-state index in [-0.39, 0.29) is 24.0 Å². The van der Waals surface area contributed by atoms with Gasteiger partial charge < -0.3 is 25.0 Å². The molecule has 0 aliphatic carbocycles. The molecule has 1 amide bonds. The van der Waals surface area contributed by atoms with Gasteiger partial charge >= 0.3 is 0 Å². The van der Waals surface area contributed by atoms with Crippen LogP contribution >= 0.6 is 0 Å². The van der Waals surface area contributed by atoms with E-state index in [1.807, 2.05) is 30.3 Å². The highest BCUT2D eigenvalue weighted by Gasteiger charge is 2.18. The number of benzene rings is 3. The summed E-state index contributed by atoms with van der Waals surface area (Å²) < 4.78 is 10.8. The number of hydrogen-bond acceptors (Lipinski definition) is 5. The molecular weight excluding hydrogens is 358 g/mol. The Kier molecular flexibility index (Phi) is 5.69. The number of carbonyl (C=O) groups excluding carboxylic acids is 1. The fourth-order valence-corrected chi connectivity index (χ4v) is 2.89. The third kappa shape index (κ3) is 4.01. The van der Waals surface area contributed by atoms with Crippen LogP contribution in [0.25, 0.3) is 11.1 Å². The molecule has 0 heterocycles. The Balaban J connectivity index is 1.92. The number of phenolic OH excluding ortho intramolecular Hbond substituents is 2. The van der Waals surface area contributed by atoms with Crippen molar-refractivity contribution < 1.29 is 24.5 Å². The van der Waals surface area contributed by atoms with Crippen LogP contribution in [0.4, 0.5) is 0 Å². The third-order valence-corrected chi connectivity index (χ3v) is 4.36. The molecular formula is C22H21NO5. The van der Waals surface area contributed by atoms with Gasteiger partial charge in [0.05, 0.1) is 19.8 Å². The minimum absolute atomic E-state index is 0.0445. The molecule has 0 bridgehead atoms. The van der Waals surface area contributed by atoms with Gasteiger partial charge in [-0.05, 0) is 23.8 Å². The zero-order valence-corrected chi connectivity index (χ0v) is 15.6. The minimum atomic E-state index is -0.357. The van der Waals surface area contributed by atoms with E-state index in [0.29, 0.717) is 22.6 Å². The van der Waals surface area contributed by atoms with Crippen LogP contribution in [0.3, 0.4) is 0 Å². The summed E-state index contributed by atoms with van der Waals surface area (Å²) in [7, 11) is 3.05. The lowest BCUT2D eigenvalue weighted by atomic mass is 10.0. The van der Waals surface area contributed by atoms with Crippen molar-refractivity contribution in [2.24, 2.45) is 0 Å². The van der Waals surface area contributed by atoms with Crippen molar-refractivity contribution >= 4 is 5.91 Å². The second-order valence-electron chi connectivity index (χ2n) is 6.11. The fourth-order valence-electron chi connectivity index (χ4n) is 2.89. The van der Waals surface area contributed by atoms with Crippen LogP contribution < -0.4 is 14.8 Å². The number of amides is 1. The normalized spacial score (nSPS) is 10.4. The lowest BCUT2D eigenvalue weighted by Gasteiger charge is -2.15. The van der Waals surface area contributed by atoms with E-state index in [9.17, 15) is 15.0 Å². The zero-order chi connectivity index (χ0) is 20.1. The maximum Gasteiger partial charge on any atom is 0.255 e. The summed E-state index contributed by atoms with van der Waals surface area (Å²) in [6.45, 7) is 0.0980. The molecule has 3 rings (SSSR count). The van der Waals surface area contributed by atoms with Gasteiger partial charge in [-0.2, -0.15) is 0 Å². The van der Waals surface area contributed by atoms with E-state index in [2.05, 4.69) is 5.32 Å². The summed E-state index contributed by atoms with van der Waals surface area (Å²) in [4.78, 5) is 12.8. The standard InChI is InChI=1S/C22H21NO5/c1-27-20-12-21(28-2)18(11-17(20)14-6-4-3-5-7-14)22(26)23-13-15-8-9-16(24)10-19(15)25/h3-12,24-25H,13H2,1-2H3,(H,23,26). The quantitative estimate of drug-likeness (QED) is 0.608. The molecule has 0 aliphatic rings. The van der Waals surface area contributed by atoms with Crippen LogP contribution in [0.1, 0.15) is 15.9 Å². The SMILES string of the molecule is COc1cc(OC)c(-c2ccccc2)cc1C(=O)NCc1ccc(O)cc1O. The van der Waals surface area contributed by atoms with Crippen molar-refractivity contribution in [1.29, 1.82) is 0 Å². The summed E-state index contributed by atoms with van der Waals surface area (Å²) in [5.41, 5.74) is 2.51. The van der Waals surface area contributed by atoms with Crippen molar-refractivity contribution in [3.8, 4) is 34.1 Å². The second-order valence-corrected chi connectivity index (χ2v) is 6.11. The highest BCUT2D eigenvalue weighted by Crippen LogP contribution is 2.36. The molecule has 0 radical (unpaired) electrons. The van der Waals surface area contributed by atoms with Gasteiger partial charge in [-0.1, -0.05) is 30.3 Å². The Labute approximate surface area is 163 Å². The number of nitrogens with one attached hydrogen (secondary N) is 1. The molecule has 0 aromatic heterocycles. The molecule has 0 saturated heterocycles. The average molecular weight is 379 g/mol. The molecule has 3 N–H and O–H groups in total. The number of methoxy groups -OCH3 is 2. The Hall–Kier alpha value is -3.67. The molecule has 6 nitrogen and oxygen atoms in total. The van der Waals surface area contributed by atoms with Gasteiger partial charge in [-0.3, -0.25) is 4.79 Å². The van der Waals surface area contributed by atoms with Crippen LogP contribution in [0.2, 0.25) is 0 Å². The van der Waals surface area contributed by atoms with Gasteiger partial charge in [0, 0.05) is 29.8 Å². The van der Waals surface area contributed by atoms with E-state index in [4.69, 9.17) is 9.47 Å². The average Bonchev–Trinajstić information content (AvgIpc) is 2.72. The van der Waals surface area contributed by atoms with Gasteiger partial charge in [-0.15, -0.1) is 0 Å². The number of phenols is 2. The first-order valence-electron chi connectivity index (χ1n) is 8.64. The summed E-state index contributed by atoms with van der Waals surface area (Å²) in [6, 6.07) is 17.2. The predicted octanol–water partition coefficient (Wildman–Crippen LogP) is 3.71. The van der Waals surface area contributed by atoms with Crippen molar-refractivity contribution in [2.45, 2.75) is 6.54 Å². The van der Waals surface area contributed by atoms with Gasteiger partial charge in [0.25, 0.3) is 5.91 Å². The van der Waals surface area contributed by atoms with E-state index in [0.717, 1.165) is 11.1 Å². The topological polar surface area (TPSA) is 88.0 Å². The molecule has 0 spiro atoms. The lowest BCUT2D eigenvalue weighted by molar-refractivity contribution is 0.0947. The van der Waals surface area contributed by atoms with Crippen molar-refractivity contribution in [3.63, 3.8) is 0 Å². The van der Waals surface area contributed by atoms with Crippen LogP contribution in [0.15, 0.2) is 60.7 Å². The number of aromatic hydroxyl groups is 2. The van der Waals surface area contributed by atoms with Crippen LogP contribution in [0.5, 0.6) is 23.0 Å². The van der Waals surface area contributed by atoms with Crippen LogP contribution in [0, 0.1) is 0 Å². The van der Waals surface area contributed by atoms with Gasteiger partial charge in [0.1, 0.15) is 23.0 Å². The monoisotopic (exact) mass is 379 g/mol. The second kappa shape index (κ2) is 8.35. The van der Waals surface area contributed by atoms with Gasteiger partial charge in [0.2, 0.25) is 0 Å². The lowest BCUT2D eigenvalue weighted by Crippen LogP contribution is -2.23. The van der Waals surface area contributed by atoms with Crippen LogP contribution in [-0.4, -0.2) is 30.3 Å². The van der Waals surface area contributed by atoms with Gasteiger partial charge in [0.15, 0.2) is 0 Å². The molecule has 0 fully saturated rings. The smallest absolute Gasteiger partial charge is 0.255 e. The Morgan fingerprint density at radius 3 is 2.29 bits per heavy atom. The summed E-state index contributed by atoms with van der Waals surface area (Å²) >= 11 is 0. The van der Waals surface area contributed by atoms with Crippen LogP contribution in [-0.2, 0) is 6.54 Å². The third-order valence-electron chi connectivity index (χ3n) is 4.36. The zero-order valence-electron chi connectivity index (χ0n) is 15.6. The largest absolute Gasteiger partial charge is 0.508 e. The first kappa shape index (κ1) is 19.1. The minimum Gasteiger partial charge on any atom is -0.508 e. The van der Waals surface area contributed by atoms with E-state index >= 15 is 0 Å². The fraction of sp³-hybridized carbons (Fsp3) is 0.136. The number of carbonyl (C=O) groups is 1. The maximum absolute atomic E-state index is 12.8. The molecule has 0 saturated carbocycles. The molecule has 3 aromatic carbocycles. The molecule has 3 aromatic rings. The first-order valence-corrected chi connectivity index (χ1v) is 8.64. The summed E-state index contributed by atoms with van der Waals surface area (Å²) in [6.07, 6.45) is 0. The number of ether oxygens (including phenoxy) is 2. The summed E-state index contributed by atoms with van der Waals surface area (Å²) in [5.74, 6) is 0.479. The highest BCUT2D eigenvalue weighted by molar-refractivity contribution is 5.99. The Morgan fingerprint density at radius 2 is 1.64 bits per heavy atom. The van der Waals surface area contributed by atoms with E-state index in [1.165, 1.54) is 19.2 Å². The first-order chi connectivity index (χ1) is 13.5. The highest BCUT2D eigenvalue weighted by atomic mass is 16.5. The molecule has 0 unspecified atom stereocenters. The Bertz CT molecular complexity index is 986. The summed E-state index contributed by atoms with van der Waals surface area (Å²) in [5, 5.41) is 22.0. The van der Waals surface area contributed by atoms with Crippen molar-refractivity contribution in [1.82, 2.24) is 5.32 Å². The Morgan fingerprint density at radius 1 is 0.929 bits per heavy atom. The van der Waals surface area contributed by atoms with Crippen molar-refractivity contribution in [3.05, 3.63) is 71.8 Å². The van der Waals surface area contributed by atoms with E-state index in [1.54, 1.807) is 25.3 Å². The molecule has 144 valence electrons. The molecule has 6 heteroatoms. The molecule has 0 atom stereocenters. The number of hydrogen-bond donors (Lipinski definition) is 3. The predicted molar refractivity (Wildman–Crippen MR) is 106 cm³/mol. The molecule has 0 aliphatic heterocycles. The maximum atomic E-state index is 12.8. The number of rotatable bonds is 6. The van der Waals surface area contributed by atoms with E-state index < -0.39 is 0 Å².